The van der Waals surface area contributed by atoms with Crippen LogP contribution >= 0.6 is 0 Å². The van der Waals surface area contributed by atoms with E-state index < -0.39 is 5.91 Å². The van der Waals surface area contributed by atoms with E-state index in [4.69, 9.17) is 5.21 Å². The number of carbonyl (C=O) groups is 2. The van der Waals surface area contributed by atoms with Crippen molar-refractivity contribution in [2.24, 2.45) is 23.2 Å². The van der Waals surface area contributed by atoms with E-state index in [1.165, 1.54) is 19.3 Å². The topological polar surface area (TPSA) is 87.5 Å². The summed E-state index contributed by atoms with van der Waals surface area (Å²) in [5.41, 5.74) is 2.58. The van der Waals surface area contributed by atoms with Gasteiger partial charge < -0.3 is 4.90 Å². The van der Waals surface area contributed by atoms with Gasteiger partial charge in [0.2, 0.25) is 5.91 Å². The van der Waals surface area contributed by atoms with Crippen molar-refractivity contribution in [3.8, 4) is 0 Å². The summed E-state index contributed by atoms with van der Waals surface area (Å²) >= 11 is 0. The van der Waals surface area contributed by atoms with Gasteiger partial charge in [-0.2, -0.15) is 5.10 Å². The zero-order valence-electron chi connectivity index (χ0n) is 15.0. The van der Waals surface area contributed by atoms with E-state index >= 15 is 0 Å². The van der Waals surface area contributed by atoms with Crippen LogP contribution in [-0.4, -0.2) is 38.2 Å². The Morgan fingerprint density at radius 3 is 2.38 bits per heavy atom. The molecular formula is C19H26N4O3. The molecule has 0 radical (unpaired) electrons. The number of aryl methyl sites for hydroxylation is 1. The molecule has 2 N–H and O–H groups in total. The molecule has 4 saturated carbocycles. The standard InChI is InChI=1S/C19H26N4O3/c24-17(21-26)16-7-15-11-22(2-1-3-23(15)20-16)18(25)19-8-12-4-13(9-19)6-14(5-12)10-19/h7,12-14,26H,1-6,8-11H2,(H,21,24). The zero-order valence-corrected chi connectivity index (χ0v) is 15.0. The predicted molar refractivity (Wildman–Crippen MR) is 92.1 cm³/mol. The summed E-state index contributed by atoms with van der Waals surface area (Å²) in [5.74, 6) is 1.98. The number of fused-ring (bicyclic) bond motifs is 1. The van der Waals surface area contributed by atoms with Crippen molar-refractivity contribution in [1.29, 1.82) is 0 Å². The van der Waals surface area contributed by atoms with Crippen LogP contribution in [0.25, 0.3) is 0 Å². The van der Waals surface area contributed by atoms with Crippen LogP contribution in [-0.2, 0) is 17.9 Å². The van der Waals surface area contributed by atoms with Gasteiger partial charge >= 0.3 is 0 Å². The van der Waals surface area contributed by atoms with E-state index in [9.17, 15) is 9.59 Å². The number of nitrogens with zero attached hydrogens (tertiary/aromatic N) is 3. The van der Waals surface area contributed by atoms with Gasteiger partial charge in [0.15, 0.2) is 5.69 Å². The highest BCUT2D eigenvalue weighted by atomic mass is 16.5. The third kappa shape index (κ3) is 2.47. The minimum absolute atomic E-state index is 0.130. The summed E-state index contributed by atoms with van der Waals surface area (Å²) in [4.78, 5) is 27.2. The average molecular weight is 358 g/mol. The molecule has 7 heteroatoms. The minimum Gasteiger partial charge on any atom is -0.336 e. The van der Waals surface area contributed by atoms with E-state index in [1.807, 2.05) is 4.90 Å². The van der Waals surface area contributed by atoms with Crippen LogP contribution in [0.4, 0.5) is 0 Å². The SMILES string of the molecule is O=C(NO)c1cc2n(n1)CCCN(C(=O)C13CC4CC(CC(C4)C1)C3)C2. The Kier molecular flexibility index (Phi) is 3.64. The lowest BCUT2D eigenvalue weighted by Gasteiger charge is -2.56. The van der Waals surface area contributed by atoms with Gasteiger partial charge in [-0.3, -0.25) is 19.5 Å². The number of nitrogens with one attached hydrogen (secondary N) is 1. The fourth-order valence-electron chi connectivity index (χ4n) is 6.51. The second-order valence-corrected chi connectivity index (χ2v) is 8.96. The molecular weight excluding hydrogens is 332 g/mol. The molecule has 26 heavy (non-hydrogen) atoms. The van der Waals surface area contributed by atoms with Crippen LogP contribution in [0, 0.1) is 23.2 Å². The van der Waals surface area contributed by atoms with Crippen molar-refractivity contribution < 1.29 is 14.8 Å². The zero-order chi connectivity index (χ0) is 17.9. The van der Waals surface area contributed by atoms with Crippen molar-refractivity contribution >= 4 is 11.8 Å². The first-order valence-electron chi connectivity index (χ1n) is 9.87. The molecule has 4 bridgehead atoms. The number of hydrogen-bond donors (Lipinski definition) is 2. The predicted octanol–water partition coefficient (Wildman–Crippen LogP) is 1.95. The van der Waals surface area contributed by atoms with Crippen molar-refractivity contribution in [3.63, 3.8) is 0 Å². The molecule has 2 heterocycles. The van der Waals surface area contributed by atoms with Gasteiger partial charge in [-0.05, 0) is 68.8 Å². The minimum atomic E-state index is -0.607. The van der Waals surface area contributed by atoms with Crippen molar-refractivity contribution in [2.75, 3.05) is 6.54 Å². The third-order valence-corrected chi connectivity index (χ3v) is 7.13. The summed E-state index contributed by atoms with van der Waals surface area (Å²) in [5, 5.41) is 13.1. The summed E-state index contributed by atoms with van der Waals surface area (Å²) in [6.07, 6.45) is 8.06. The number of amides is 2. The lowest BCUT2D eigenvalue weighted by atomic mass is 9.49. The second kappa shape index (κ2) is 5.81. The Bertz CT molecular complexity index is 721. The van der Waals surface area contributed by atoms with E-state index in [0.29, 0.717) is 19.0 Å². The molecule has 5 aliphatic rings. The number of carbonyl (C=O) groups excluding carboxylic acids is 2. The van der Waals surface area contributed by atoms with E-state index in [1.54, 1.807) is 16.2 Å². The highest BCUT2D eigenvalue weighted by molar-refractivity contribution is 5.91. The Morgan fingerprint density at radius 2 is 1.77 bits per heavy atom. The molecule has 6 rings (SSSR count). The van der Waals surface area contributed by atoms with Crippen molar-refractivity contribution in [3.05, 3.63) is 17.5 Å². The Labute approximate surface area is 152 Å². The van der Waals surface area contributed by atoms with E-state index in [2.05, 4.69) is 5.10 Å². The van der Waals surface area contributed by atoms with Gasteiger partial charge in [-0.15, -0.1) is 0 Å². The van der Waals surface area contributed by atoms with Crippen LogP contribution in [0.5, 0.6) is 0 Å². The summed E-state index contributed by atoms with van der Waals surface area (Å²) in [7, 11) is 0. The van der Waals surface area contributed by atoms with Crippen LogP contribution in [0.15, 0.2) is 6.07 Å². The molecule has 0 unspecified atom stereocenters. The van der Waals surface area contributed by atoms with E-state index in [-0.39, 0.29) is 11.1 Å². The van der Waals surface area contributed by atoms with Crippen LogP contribution < -0.4 is 5.48 Å². The molecule has 7 nitrogen and oxygen atoms in total. The van der Waals surface area contributed by atoms with Crippen molar-refractivity contribution in [2.45, 2.75) is 58.0 Å². The number of rotatable bonds is 2. The van der Waals surface area contributed by atoms with Gasteiger partial charge in [0.05, 0.1) is 17.7 Å². The fourth-order valence-corrected chi connectivity index (χ4v) is 6.51. The molecule has 1 aliphatic heterocycles. The molecule has 140 valence electrons. The monoisotopic (exact) mass is 358 g/mol. The second-order valence-electron chi connectivity index (χ2n) is 8.96. The highest BCUT2D eigenvalue weighted by Crippen LogP contribution is 2.60. The van der Waals surface area contributed by atoms with Crippen molar-refractivity contribution in [1.82, 2.24) is 20.2 Å². The maximum absolute atomic E-state index is 13.6. The first kappa shape index (κ1) is 16.3. The first-order chi connectivity index (χ1) is 12.6. The van der Waals surface area contributed by atoms with Gasteiger partial charge in [-0.1, -0.05) is 0 Å². The lowest BCUT2D eigenvalue weighted by Crippen LogP contribution is -2.54. The van der Waals surface area contributed by atoms with Gasteiger partial charge in [0.1, 0.15) is 0 Å². The molecule has 0 atom stereocenters. The smallest absolute Gasteiger partial charge is 0.295 e. The van der Waals surface area contributed by atoms with E-state index in [0.717, 1.165) is 55.7 Å². The molecule has 0 spiro atoms. The maximum atomic E-state index is 13.6. The Balaban J connectivity index is 1.39. The lowest BCUT2D eigenvalue weighted by molar-refractivity contribution is -0.158. The summed E-state index contributed by atoms with van der Waals surface area (Å²) in [6, 6.07) is 1.69. The molecule has 1 aromatic rings. The normalized spacial score (nSPS) is 35.1. The summed E-state index contributed by atoms with van der Waals surface area (Å²) in [6.45, 7) is 1.95. The van der Waals surface area contributed by atoms with Gasteiger partial charge in [0.25, 0.3) is 5.91 Å². The highest BCUT2D eigenvalue weighted by Gasteiger charge is 2.55. The number of hydroxylamine groups is 1. The summed E-state index contributed by atoms with van der Waals surface area (Å²) < 4.78 is 1.80. The molecule has 4 fully saturated rings. The first-order valence-corrected chi connectivity index (χ1v) is 9.87. The Morgan fingerprint density at radius 1 is 1.12 bits per heavy atom. The molecule has 4 aliphatic carbocycles. The fraction of sp³-hybridized carbons (Fsp3) is 0.737. The van der Waals surface area contributed by atoms with Gasteiger partial charge in [0, 0.05) is 13.1 Å². The molecule has 0 saturated heterocycles. The maximum Gasteiger partial charge on any atom is 0.295 e. The molecule has 0 aromatic carbocycles. The Hall–Kier alpha value is -1.89. The van der Waals surface area contributed by atoms with Crippen LogP contribution in [0.3, 0.4) is 0 Å². The number of aromatic nitrogens is 2. The molecule has 1 aromatic heterocycles. The van der Waals surface area contributed by atoms with Crippen LogP contribution in [0.2, 0.25) is 0 Å². The molecule has 2 amide bonds. The average Bonchev–Trinajstić information content (AvgIpc) is 2.91. The third-order valence-electron chi connectivity index (χ3n) is 7.13. The van der Waals surface area contributed by atoms with Crippen LogP contribution in [0.1, 0.15) is 61.1 Å². The quantitative estimate of drug-likeness (QED) is 0.625. The number of hydrogen-bond acceptors (Lipinski definition) is 4. The van der Waals surface area contributed by atoms with Gasteiger partial charge in [-0.25, -0.2) is 5.48 Å². The largest absolute Gasteiger partial charge is 0.336 e.